The summed E-state index contributed by atoms with van der Waals surface area (Å²) in [6.45, 7) is 18.6. The fourth-order valence-corrected chi connectivity index (χ4v) is 16.9. The second kappa shape index (κ2) is 73.0. The van der Waals surface area contributed by atoms with Crippen LogP contribution in [0.1, 0.15) is 489 Å². The zero-order valence-electron chi connectivity index (χ0n) is 69.4. The van der Waals surface area contributed by atoms with Gasteiger partial charge >= 0.3 is 129 Å². The molecule has 1 aliphatic heterocycles. The van der Waals surface area contributed by atoms with Gasteiger partial charge in [0, 0.05) is 22.3 Å². The normalized spacial score (nSPS) is 13.3. The van der Waals surface area contributed by atoms with Gasteiger partial charge in [-0.25, -0.2) is 4.70 Å². The molecule has 2 aromatic carbocycles. The molecule has 0 bridgehead atoms. The zero-order valence-corrected chi connectivity index (χ0v) is 70.4. The minimum absolute atomic E-state index is 0.694. The van der Waals surface area contributed by atoms with Gasteiger partial charge in [-0.05, 0) is 125 Å². The molecule has 2 aromatic rings. The Morgan fingerprint density at radius 3 is 0.871 bits per heavy atom. The van der Waals surface area contributed by atoms with Crippen molar-refractivity contribution in [1.29, 1.82) is 0 Å². The van der Waals surface area contributed by atoms with Crippen molar-refractivity contribution in [1.82, 2.24) is 0 Å². The van der Waals surface area contributed by atoms with Gasteiger partial charge in [-0.3, -0.25) is 0 Å². The first-order valence-electron chi connectivity index (χ1n) is 45.8. The van der Waals surface area contributed by atoms with E-state index >= 15 is 0 Å². The Labute approximate surface area is 639 Å². The number of aryl methyl sites for hydroxylation is 2. The van der Waals surface area contributed by atoms with Crippen LogP contribution in [0.5, 0.6) is 0 Å². The second-order valence-corrected chi connectivity index (χ2v) is 33.4. The zero-order chi connectivity index (χ0) is 72.6. The molecule has 586 valence electrons. The first kappa shape index (κ1) is 94.6. The third-order valence-electron chi connectivity index (χ3n) is 22.4. The molecule has 0 aliphatic carbocycles. The van der Waals surface area contributed by atoms with Crippen LogP contribution in [0.25, 0.3) is 16.9 Å². The quantitative estimate of drug-likeness (QED) is 0.0273. The SMILES string of the molecule is CCCCCCCCCCCCCCCC=CCC(CCCCCC)CCc1ccccc1C1=C(CCCC)C(CCCCCC)=C(c2ccccc2CCC(CC=CCCCCCCCCCCCCCCC)CCCCCC)[N+]1=[N-].CCCCCCCC[CH2][Ni][CH2]CCCCCCCC. The third-order valence-corrected chi connectivity index (χ3v) is 23.8. The maximum atomic E-state index is 13.1. The molecule has 0 fully saturated rings. The van der Waals surface area contributed by atoms with Gasteiger partial charge < -0.3 is 5.53 Å². The molecule has 3 heteroatoms. The van der Waals surface area contributed by atoms with E-state index in [1.54, 1.807) is 4.70 Å². The number of rotatable bonds is 74. The van der Waals surface area contributed by atoms with E-state index in [1.807, 2.05) is 14.4 Å². The molecule has 1 aliphatic rings. The maximum absolute atomic E-state index is 13.1. The van der Waals surface area contributed by atoms with Crippen molar-refractivity contribution in [3.63, 3.8) is 0 Å². The van der Waals surface area contributed by atoms with Crippen molar-refractivity contribution in [3.8, 4) is 0 Å². The summed E-state index contributed by atoms with van der Waals surface area (Å²) in [5, 5.41) is 2.85. The van der Waals surface area contributed by atoms with Crippen LogP contribution in [0, 0.1) is 11.8 Å². The monoisotopic (exact) mass is 1440 g/mol. The van der Waals surface area contributed by atoms with Crippen molar-refractivity contribution >= 4 is 11.4 Å². The van der Waals surface area contributed by atoms with E-state index in [0.29, 0.717) is 11.8 Å². The fraction of sp³-hybridized carbons (Fsp3) is 0.796. The van der Waals surface area contributed by atoms with Crippen LogP contribution in [0.3, 0.4) is 0 Å². The van der Waals surface area contributed by atoms with Crippen LogP contribution in [0.4, 0.5) is 0 Å². The van der Waals surface area contributed by atoms with E-state index < -0.39 is 0 Å². The van der Waals surface area contributed by atoms with E-state index in [1.165, 1.54) is 429 Å². The van der Waals surface area contributed by atoms with Gasteiger partial charge in [0.1, 0.15) is 0 Å². The number of unbranched alkanes of at least 4 members (excludes halogenated alkanes) is 48. The Bertz CT molecular complexity index is 2230. The molecule has 0 saturated heterocycles. The predicted molar refractivity (Wildman–Crippen MR) is 454 cm³/mol. The molecular weight excluding hydrogens is 1260 g/mol. The first-order valence-corrected chi connectivity index (χ1v) is 47.2. The van der Waals surface area contributed by atoms with Crippen LogP contribution in [-0.4, -0.2) is 4.70 Å². The van der Waals surface area contributed by atoms with E-state index in [0.717, 1.165) is 49.9 Å². The molecule has 0 saturated carbocycles. The molecule has 0 N–H and O–H groups in total. The van der Waals surface area contributed by atoms with Crippen LogP contribution in [0.2, 0.25) is 10.8 Å². The Balaban J connectivity index is 0.00000158. The van der Waals surface area contributed by atoms with Gasteiger partial charge in [-0.1, -0.05) is 346 Å². The van der Waals surface area contributed by atoms with Crippen LogP contribution < -0.4 is 0 Å². The van der Waals surface area contributed by atoms with E-state index in [9.17, 15) is 5.53 Å². The standard InChI is InChI=1S/C80H136N2.2C9H19.Ni/c1-7-13-19-24-26-28-30-32-34-36-38-40-42-44-46-50-59-71(57-48-21-15-9-3)67-69-73-61-53-55-64-75(73)79-77(63-18-12-6)78(66-52-23-17-11-5)80(82(79)81)76-65-56-54-62-74(76)70-68-72(58-49-22-16-10-4)60-51-47-45-43-41-39-37-35-33-31-29-27-25-20-14-8-2;2*1-3-5-7-9-8-6-4-2;/h46-47,50-51,53-56,61-62,64-65,71-72H,7-45,48-49,52,57-60,63,66-70H2,1-6H3;2*1,3-9H2,2H3;. The molecule has 2 unspecified atom stereocenters. The number of allylic oxidation sites excluding steroid dienone is 6. The molecule has 3 rings (SSSR count). The van der Waals surface area contributed by atoms with E-state index in [4.69, 9.17) is 0 Å². The van der Waals surface area contributed by atoms with Gasteiger partial charge in [0.05, 0.1) is 0 Å². The fourth-order valence-electron chi connectivity index (χ4n) is 15.6. The Kier molecular flexibility index (Phi) is 68.4. The summed E-state index contributed by atoms with van der Waals surface area (Å²) in [7, 11) is 0. The van der Waals surface area contributed by atoms with Gasteiger partial charge in [-0.15, -0.1) is 0 Å². The summed E-state index contributed by atoms with van der Waals surface area (Å²) in [4.78, 5) is 0. The Morgan fingerprint density at radius 1 is 0.277 bits per heavy atom. The molecular formula is C98H174N2Ni. The van der Waals surface area contributed by atoms with Crippen molar-refractivity contribution in [2.24, 2.45) is 11.8 Å². The average Bonchev–Trinajstić information content (AvgIpc) is 1.60. The summed E-state index contributed by atoms with van der Waals surface area (Å²) in [6.07, 6.45) is 99.3. The van der Waals surface area contributed by atoms with Crippen LogP contribution in [-0.2, 0) is 27.3 Å². The number of benzene rings is 2. The molecule has 0 radical (unpaired) electrons. The summed E-state index contributed by atoms with van der Waals surface area (Å²) < 4.78 is 1.72. The Morgan fingerprint density at radius 2 is 0.545 bits per heavy atom. The average molecular weight is 1440 g/mol. The summed E-state index contributed by atoms with van der Waals surface area (Å²) >= 11 is 2.01. The van der Waals surface area contributed by atoms with Crippen LogP contribution >= 0.6 is 0 Å². The minimum atomic E-state index is 0.694. The molecule has 101 heavy (non-hydrogen) atoms. The summed E-state index contributed by atoms with van der Waals surface area (Å²) in [6, 6.07) is 18.5. The van der Waals surface area contributed by atoms with Gasteiger partial charge in [-0.2, -0.15) is 0 Å². The first-order chi connectivity index (χ1) is 49.9. The second-order valence-electron chi connectivity index (χ2n) is 31.9. The molecule has 2 nitrogen and oxygen atoms in total. The summed E-state index contributed by atoms with van der Waals surface area (Å²) in [5.74, 6) is 1.39. The van der Waals surface area contributed by atoms with Crippen molar-refractivity contribution in [3.05, 3.63) is 112 Å². The van der Waals surface area contributed by atoms with Gasteiger partial charge in [0.25, 0.3) is 0 Å². The number of hydrogen-bond acceptors (Lipinski definition) is 0. The van der Waals surface area contributed by atoms with Crippen molar-refractivity contribution in [2.75, 3.05) is 0 Å². The van der Waals surface area contributed by atoms with Crippen molar-refractivity contribution in [2.45, 2.75) is 490 Å². The number of nitrogens with zero attached hydrogens (tertiary/aromatic N) is 2. The van der Waals surface area contributed by atoms with E-state index in [-0.39, 0.29) is 0 Å². The molecule has 1 heterocycles. The van der Waals surface area contributed by atoms with E-state index in [2.05, 4.69) is 128 Å². The molecule has 0 aromatic heterocycles. The molecule has 0 amide bonds. The summed E-state index contributed by atoms with van der Waals surface area (Å²) in [5.41, 5.74) is 23.4. The van der Waals surface area contributed by atoms with Gasteiger partial charge in [0.15, 0.2) is 0 Å². The predicted octanol–water partition coefficient (Wildman–Crippen LogP) is 35.3. The van der Waals surface area contributed by atoms with Crippen molar-refractivity contribution < 1.29 is 19.1 Å². The Hall–Kier alpha value is -2.51. The topological polar surface area (TPSA) is 25.3 Å². The molecule has 0 spiro atoms. The molecule has 2 atom stereocenters. The third kappa shape index (κ3) is 51.4. The van der Waals surface area contributed by atoms with Gasteiger partial charge in [0.2, 0.25) is 11.4 Å². The number of hydrogen-bond donors (Lipinski definition) is 0. The van der Waals surface area contributed by atoms with Crippen LogP contribution in [0.15, 0.2) is 84.0 Å².